The van der Waals surface area contributed by atoms with Gasteiger partial charge in [0.2, 0.25) is 10.0 Å². The molecule has 0 unspecified atom stereocenters. The number of likely N-dealkylation sites (tertiary alicyclic amines) is 1. The Hall–Kier alpha value is -2.02. The SMILES string of the molecule is CCCCOc1ccc(N2CCN(S(=O)(=O)C3(C(=O)NO)CCN(Cc4ccco4)CC3)CC2)cc1.Cl.Cl. The van der Waals surface area contributed by atoms with E-state index in [-0.39, 0.29) is 50.7 Å². The zero-order chi connectivity index (χ0) is 25.6. The molecule has 2 saturated heterocycles. The van der Waals surface area contributed by atoms with Crippen molar-refractivity contribution in [3.63, 3.8) is 0 Å². The Kier molecular flexibility index (Phi) is 12.2. The van der Waals surface area contributed by atoms with E-state index in [2.05, 4.69) is 16.7 Å². The minimum atomic E-state index is -4.00. The molecule has 0 atom stereocenters. The van der Waals surface area contributed by atoms with Crippen molar-refractivity contribution in [3.8, 4) is 5.75 Å². The van der Waals surface area contributed by atoms with E-state index in [1.165, 1.54) is 4.31 Å². The van der Waals surface area contributed by atoms with E-state index in [1.807, 2.05) is 36.4 Å². The van der Waals surface area contributed by atoms with Gasteiger partial charge in [0.05, 0.1) is 19.4 Å². The number of anilines is 1. The second kappa shape index (κ2) is 14.4. The van der Waals surface area contributed by atoms with Gasteiger partial charge in [-0.1, -0.05) is 13.3 Å². The highest BCUT2D eigenvalue weighted by Crippen LogP contribution is 2.35. The van der Waals surface area contributed by atoms with Gasteiger partial charge in [0, 0.05) is 45.0 Å². The van der Waals surface area contributed by atoms with Gasteiger partial charge in [-0.05, 0) is 55.7 Å². The molecular weight excluding hydrogens is 555 g/mol. The number of piperazine rings is 1. The van der Waals surface area contributed by atoms with E-state index in [0.717, 1.165) is 30.0 Å². The number of unbranched alkanes of at least 4 members (excludes halogenated alkanes) is 1. The van der Waals surface area contributed by atoms with E-state index < -0.39 is 20.7 Å². The van der Waals surface area contributed by atoms with Crippen molar-refractivity contribution >= 4 is 46.4 Å². The number of carbonyl (C=O) groups excluding carboxylic acids is 1. The van der Waals surface area contributed by atoms with Crippen LogP contribution in [0.2, 0.25) is 0 Å². The van der Waals surface area contributed by atoms with E-state index in [0.29, 0.717) is 39.3 Å². The summed E-state index contributed by atoms with van der Waals surface area (Å²) in [6, 6.07) is 11.5. The number of ether oxygens (including phenoxy) is 1. The first-order valence-electron chi connectivity index (χ1n) is 12.6. The molecule has 3 heterocycles. The molecule has 10 nitrogen and oxygen atoms in total. The second-order valence-electron chi connectivity index (χ2n) is 9.38. The molecule has 2 aromatic rings. The minimum Gasteiger partial charge on any atom is -0.494 e. The first-order chi connectivity index (χ1) is 17.4. The van der Waals surface area contributed by atoms with Gasteiger partial charge < -0.3 is 14.1 Å². The highest BCUT2D eigenvalue weighted by atomic mass is 35.5. The molecule has 38 heavy (non-hydrogen) atoms. The fourth-order valence-corrected chi connectivity index (χ4v) is 7.04. The van der Waals surface area contributed by atoms with Gasteiger partial charge in [0.25, 0.3) is 5.91 Å². The number of nitrogens with zero attached hydrogens (tertiary/aromatic N) is 3. The molecule has 214 valence electrons. The van der Waals surface area contributed by atoms with Crippen LogP contribution in [-0.4, -0.2) is 79.4 Å². The molecule has 1 amide bonds. The van der Waals surface area contributed by atoms with Crippen LogP contribution in [0.4, 0.5) is 5.69 Å². The Labute approximate surface area is 237 Å². The molecule has 0 saturated carbocycles. The van der Waals surface area contributed by atoms with Crippen molar-refractivity contribution in [1.82, 2.24) is 14.7 Å². The summed E-state index contributed by atoms with van der Waals surface area (Å²) in [7, 11) is -4.00. The summed E-state index contributed by atoms with van der Waals surface area (Å²) >= 11 is 0. The van der Waals surface area contributed by atoms with Crippen LogP contribution >= 0.6 is 24.8 Å². The fraction of sp³-hybridized carbons (Fsp3) is 0.560. The number of amides is 1. The zero-order valence-electron chi connectivity index (χ0n) is 21.6. The molecule has 0 spiro atoms. The highest BCUT2D eigenvalue weighted by molar-refractivity contribution is 7.91. The lowest BCUT2D eigenvalue weighted by atomic mass is 9.95. The summed E-state index contributed by atoms with van der Waals surface area (Å²) in [5, 5.41) is 9.44. The van der Waals surface area contributed by atoms with Crippen LogP contribution in [-0.2, 0) is 21.4 Å². The first-order valence-corrected chi connectivity index (χ1v) is 14.0. The number of rotatable bonds is 10. The third-order valence-electron chi connectivity index (χ3n) is 7.18. The molecule has 1 aromatic carbocycles. The lowest BCUT2D eigenvalue weighted by Gasteiger charge is -2.44. The number of hydroxylamine groups is 1. The average molecular weight is 594 g/mol. The molecule has 2 aliphatic rings. The lowest BCUT2D eigenvalue weighted by molar-refractivity contribution is -0.133. The van der Waals surface area contributed by atoms with Crippen LogP contribution in [0.15, 0.2) is 47.1 Å². The van der Waals surface area contributed by atoms with Gasteiger partial charge in [-0.15, -0.1) is 24.8 Å². The number of hydrogen-bond acceptors (Lipinski definition) is 8. The Bertz CT molecular complexity index is 1090. The number of piperidine rings is 1. The van der Waals surface area contributed by atoms with Crippen LogP contribution in [0.1, 0.15) is 38.4 Å². The Morgan fingerprint density at radius 2 is 1.71 bits per heavy atom. The number of benzene rings is 1. The van der Waals surface area contributed by atoms with Crippen LogP contribution in [0.25, 0.3) is 0 Å². The monoisotopic (exact) mass is 592 g/mol. The Morgan fingerprint density at radius 3 is 2.26 bits per heavy atom. The molecular formula is C25H38Cl2N4O6S. The molecule has 0 bridgehead atoms. The third kappa shape index (κ3) is 6.94. The molecule has 2 N–H and O–H groups in total. The third-order valence-corrected chi connectivity index (χ3v) is 9.81. The molecule has 13 heteroatoms. The van der Waals surface area contributed by atoms with Gasteiger partial charge in [-0.3, -0.25) is 14.9 Å². The summed E-state index contributed by atoms with van der Waals surface area (Å²) in [6.07, 6.45) is 3.89. The van der Waals surface area contributed by atoms with Gasteiger partial charge in [0.15, 0.2) is 4.75 Å². The number of furan rings is 1. The molecule has 2 fully saturated rings. The maximum atomic E-state index is 13.8. The lowest BCUT2D eigenvalue weighted by Crippen LogP contribution is -2.63. The minimum absolute atomic E-state index is 0. The van der Waals surface area contributed by atoms with Crippen LogP contribution in [0.5, 0.6) is 5.75 Å². The van der Waals surface area contributed by atoms with Gasteiger partial charge in [-0.25, -0.2) is 13.9 Å². The summed E-state index contributed by atoms with van der Waals surface area (Å²) in [4.78, 5) is 17.0. The number of carbonyl (C=O) groups is 1. The van der Waals surface area contributed by atoms with Crippen molar-refractivity contribution in [1.29, 1.82) is 0 Å². The summed E-state index contributed by atoms with van der Waals surface area (Å²) in [6.45, 7) is 5.73. The molecule has 0 radical (unpaired) electrons. The Morgan fingerprint density at radius 1 is 1.05 bits per heavy atom. The fourth-order valence-electron chi connectivity index (χ4n) is 4.92. The van der Waals surface area contributed by atoms with Crippen molar-refractivity contribution in [3.05, 3.63) is 48.4 Å². The topological polar surface area (TPSA) is 116 Å². The van der Waals surface area contributed by atoms with Crippen LogP contribution in [0, 0.1) is 0 Å². The first kappa shape index (κ1) is 32.2. The van der Waals surface area contributed by atoms with Crippen molar-refractivity contribution in [2.75, 3.05) is 50.8 Å². The number of nitrogens with one attached hydrogen (secondary N) is 1. The van der Waals surface area contributed by atoms with E-state index in [1.54, 1.807) is 11.7 Å². The van der Waals surface area contributed by atoms with Crippen molar-refractivity contribution < 1.29 is 27.6 Å². The van der Waals surface area contributed by atoms with Crippen LogP contribution in [0.3, 0.4) is 0 Å². The molecule has 1 aromatic heterocycles. The van der Waals surface area contributed by atoms with Gasteiger partial charge >= 0.3 is 0 Å². The summed E-state index contributed by atoms with van der Waals surface area (Å²) in [5.41, 5.74) is 2.64. The maximum Gasteiger partial charge on any atom is 0.266 e. The largest absolute Gasteiger partial charge is 0.494 e. The number of halogens is 2. The molecule has 2 aliphatic heterocycles. The number of hydrogen-bond donors (Lipinski definition) is 2. The maximum absolute atomic E-state index is 13.8. The molecule has 0 aliphatic carbocycles. The van der Waals surface area contributed by atoms with Crippen molar-refractivity contribution in [2.24, 2.45) is 0 Å². The smallest absolute Gasteiger partial charge is 0.266 e. The van der Waals surface area contributed by atoms with E-state index >= 15 is 0 Å². The summed E-state index contributed by atoms with van der Waals surface area (Å²) < 4.78 is 38.4. The predicted octanol–water partition coefficient (Wildman–Crippen LogP) is 3.29. The van der Waals surface area contributed by atoms with Crippen molar-refractivity contribution in [2.45, 2.75) is 43.9 Å². The van der Waals surface area contributed by atoms with E-state index in [9.17, 15) is 18.4 Å². The van der Waals surface area contributed by atoms with Gasteiger partial charge in [0.1, 0.15) is 11.5 Å². The normalized spacial score (nSPS) is 18.2. The molecule has 4 rings (SSSR count). The standard InChI is InChI=1S/C25H36N4O6S.2ClH/c1-2-3-18-34-22-8-6-21(7-9-22)28-14-16-29(17-15-28)36(32,33)25(24(30)26-31)10-12-27(13-11-25)20-23-5-4-19-35-23;;/h4-9,19,31H,2-3,10-18,20H2,1H3,(H,26,30);2*1H. The number of sulfonamides is 1. The van der Waals surface area contributed by atoms with E-state index in [4.69, 9.17) is 9.15 Å². The predicted molar refractivity (Wildman–Crippen MR) is 150 cm³/mol. The quantitative estimate of drug-likeness (QED) is 0.245. The van der Waals surface area contributed by atoms with Gasteiger partial charge in [-0.2, -0.15) is 4.31 Å². The zero-order valence-corrected chi connectivity index (χ0v) is 24.0. The highest BCUT2D eigenvalue weighted by Gasteiger charge is 2.55. The average Bonchev–Trinajstić information content (AvgIpc) is 3.42. The summed E-state index contributed by atoms with van der Waals surface area (Å²) in [5.74, 6) is 0.749. The second-order valence-corrected chi connectivity index (χ2v) is 11.6. The van der Waals surface area contributed by atoms with Crippen LogP contribution < -0.4 is 15.1 Å². The Balaban J connectivity index is 0.00000253.